The highest BCUT2D eigenvalue weighted by Gasteiger charge is 2.18. The van der Waals surface area contributed by atoms with Gasteiger partial charge in [-0.15, -0.1) is 0 Å². The summed E-state index contributed by atoms with van der Waals surface area (Å²) >= 11 is 12.0. The second-order valence-electron chi connectivity index (χ2n) is 4.37. The molecule has 2 aromatic rings. The number of rotatable bonds is 1. The van der Waals surface area contributed by atoms with Crippen LogP contribution in [0, 0.1) is 0 Å². The van der Waals surface area contributed by atoms with Crippen LogP contribution in [0.15, 0.2) is 18.2 Å². The lowest BCUT2D eigenvalue weighted by Gasteiger charge is -2.07. The Kier molecular flexibility index (Phi) is 2.88. The molecule has 0 unspecified atom stereocenters. The van der Waals surface area contributed by atoms with E-state index in [4.69, 9.17) is 28.9 Å². The number of fused-ring (bicyclic) bond motifs is 1. The lowest BCUT2D eigenvalue weighted by atomic mass is 10.2. The first kappa shape index (κ1) is 11.8. The zero-order valence-corrected chi connectivity index (χ0v) is 11.1. The lowest BCUT2D eigenvalue weighted by Crippen LogP contribution is -2.02. The van der Waals surface area contributed by atoms with Gasteiger partial charge in [0.1, 0.15) is 5.82 Å². The number of hydrogen-bond acceptors (Lipinski definition) is 3. The van der Waals surface area contributed by atoms with Crippen molar-refractivity contribution in [3.63, 3.8) is 0 Å². The average Bonchev–Trinajstić information content (AvgIpc) is 2.76. The average molecular weight is 280 g/mol. The fourth-order valence-electron chi connectivity index (χ4n) is 2.27. The molecular weight excluding hydrogens is 269 g/mol. The molecule has 0 saturated heterocycles. The van der Waals surface area contributed by atoms with Gasteiger partial charge in [-0.1, -0.05) is 23.2 Å². The summed E-state index contributed by atoms with van der Waals surface area (Å²) in [7, 11) is 0. The third-order valence-corrected chi connectivity index (χ3v) is 3.52. The van der Waals surface area contributed by atoms with Gasteiger partial charge in [-0.3, -0.25) is 0 Å². The minimum atomic E-state index is 0.570. The maximum Gasteiger partial charge on any atom is 0.161 e. The smallest absolute Gasteiger partial charge is 0.161 e. The van der Waals surface area contributed by atoms with E-state index >= 15 is 0 Å². The molecule has 0 aliphatic heterocycles. The first-order chi connectivity index (χ1) is 8.63. The van der Waals surface area contributed by atoms with Crippen molar-refractivity contribution in [3.05, 3.63) is 39.5 Å². The van der Waals surface area contributed by atoms with Crippen molar-refractivity contribution in [1.29, 1.82) is 0 Å². The van der Waals surface area contributed by atoms with Crippen LogP contribution in [0.2, 0.25) is 10.0 Å². The number of anilines is 1. The van der Waals surface area contributed by atoms with Gasteiger partial charge in [0, 0.05) is 26.9 Å². The SMILES string of the molecule is Nc1nc(-c2cc(Cl)cc(Cl)c2)nc2c1CCC2. The summed E-state index contributed by atoms with van der Waals surface area (Å²) in [5.74, 6) is 1.17. The Hall–Kier alpha value is -1.32. The van der Waals surface area contributed by atoms with E-state index in [-0.39, 0.29) is 0 Å². The molecule has 92 valence electrons. The van der Waals surface area contributed by atoms with E-state index in [1.807, 2.05) is 0 Å². The zero-order valence-electron chi connectivity index (χ0n) is 9.58. The Morgan fingerprint density at radius 2 is 1.72 bits per heavy atom. The first-order valence-corrected chi connectivity index (χ1v) is 6.51. The topological polar surface area (TPSA) is 51.8 Å². The molecule has 3 rings (SSSR count). The highest BCUT2D eigenvalue weighted by Crippen LogP contribution is 2.30. The lowest BCUT2D eigenvalue weighted by molar-refractivity contribution is 0.900. The standard InChI is InChI=1S/C13H11Cl2N3/c14-8-4-7(5-9(15)6-8)13-17-11-3-1-2-10(11)12(16)18-13/h4-6H,1-3H2,(H2,16,17,18). The van der Waals surface area contributed by atoms with E-state index in [1.165, 1.54) is 0 Å². The van der Waals surface area contributed by atoms with Gasteiger partial charge in [-0.05, 0) is 37.5 Å². The maximum atomic E-state index is 5.99. The van der Waals surface area contributed by atoms with Crippen molar-refractivity contribution in [3.8, 4) is 11.4 Å². The number of halogens is 2. The van der Waals surface area contributed by atoms with Crippen molar-refractivity contribution in [2.45, 2.75) is 19.3 Å². The zero-order chi connectivity index (χ0) is 12.7. The molecule has 3 nitrogen and oxygen atoms in total. The first-order valence-electron chi connectivity index (χ1n) is 5.75. The van der Waals surface area contributed by atoms with E-state index in [0.717, 1.165) is 36.1 Å². The molecule has 0 spiro atoms. The Balaban J connectivity index is 2.15. The molecule has 1 aliphatic carbocycles. The second kappa shape index (κ2) is 4.41. The van der Waals surface area contributed by atoms with E-state index in [9.17, 15) is 0 Å². The Morgan fingerprint density at radius 1 is 1.00 bits per heavy atom. The Bertz CT molecular complexity index is 606. The number of nitrogen functional groups attached to an aromatic ring is 1. The molecule has 1 aliphatic rings. The van der Waals surface area contributed by atoms with Crippen LogP contribution in [0.4, 0.5) is 5.82 Å². The summed E-state index contributed by atoms with van der Waals surface area (Å²) in [5, 5.41) is 1.14. The van der Waals surface area contributed by atoms with Gasteiger partial charge in [0.25, 0.3) is 0 Å². The van der Waals surface area contributed by atoms with Crippen LogP contribution in [0.3, 0.4) is 0 Å². The molecule has 5 heteroatoms. The highest BCUT2D eigenvalue weighted by atomic mass is 35.5. The predicted octanol–water partition coefficient (Wildman–Crippen LogP) is 3.52. The number of nitrogens with two attached hydrogens (primary N) is 1. The van der Waals surface area contributed by atoms with E-state index in [0.29, 0.717) is 21.7 Å². The fourth-order valence-corrected chi connectivity index (χ4v) is 2.80. The van der Waals surface area contributed by atoms with Crippen LogP contribution < -0.4 is 5.73 Å². The molecule has 0 radical (unpaired) electrons. The van der Waals surface area contributed by atoms with Gasteiger partial charge in [-0.25, -0.2) is 9.97 Å². The molecule has 1 aromatic heterocycles. The molecule has 2 N–H and O–H groups in total. The second-order valence-corrected chi connectivity index (χ2v) is 5.24. The van der Waals surface area contributed by atoms with Crippen LogP contribution in [0.25, 0.3) is 11.4 Å². The van der Waals surface area contributed by atoms with Crippen LogP contribution in [0.1, 0.15) is 17.7 Å². The molecule has 1 aromatic carbocycles. The van der Waals surface area contributed by atoms with E-state index in [1.54, 1.807) is 18.2 Å². The molecule has 0 bridgehead atoms. The molecule has 1 heterocycles. The van der Waals surface area contributed by atoms with Crippen molar-refractivity contribution in [2.75, 3.05) is 5.73 Å². The summed E-state index contributed by atoms with van der Waals surface area (Å²) in [5.41, 5.74) is 8.91. The summed E-state index contributed by atoms with van der Waals surface area (Å²) in [6.45, 7) is 0. The summed E-state index contributed by atoms with van der Waals surface area (Å²) in [6, 6.07) is 5.27. The van der Waals surface area contributed by atoms with Crippen LogP contribution >= 0.6 is 23.2 Å². The van der Waals surface area contributed by atoms with Crippen molar-refractivity contribution < 1.29 is 0 Å². The molecule has 0 fully saturated rings. The summed E-state index contributed by atoms with van der Waals surface area (Å²) < 4.78 is 0. The molecular formula is C13H11Cl2N3. The van der Waals surface area contributed by atoms with Gasteiger partial charge in [0.2, 0.25) is 0 Å². The summed E-state index contributed by atoms with van der Waals surface area (Å²) in [4.78, 5) is 8.90. The van der Waals surface area contributed by atoms with Gasteiger partial charge in [0.15, 0.2) is 5.82 Å². The maximum absolute atomic E-state index is 5.99. The van der Waals surface area contributed by atoms with E-state index < -0.39 is 0 Å². The number of nitrogens with zero attached hydrogens (tertiary/aromatic N) is 2. The monoisotopic (exact) mass is 279 g/mol. The number of aryl methyl sites for hydroxylation is 1. The molecule has 18 heavy (non-hydrogen) atoms. The third kappa shape index (κ3) is 2.04. The third-order valence-electron chi connectivity index (χ3n) is 3.09. The van der Waals surface area contributed by atoms with Crippen molar-refractivity contribution in [2.24, 2.45) is 0 Å². The largest absolute Gasteiger partial charge is 0.383 e. The van der Waals surface area contributed by atoms with Gasteiger partial charge in [0.05, 0.1) is 0 Å². The van der Waals surface area contributed by atoms with Gasteiger partial charge in [-0.2, -0.15) is 0 Å². The molecule has 0 atom stereocenters. The number of aromatic nitrogens is 2. The molecule has 0 amide bonds. The van der Waals surface area contributed by atoms with E-state index in [2.05, 4.69) is 9.97 Å². The molecule has 0 saturated carbocycles. The number of benzene rings is 1. The Labute approximate surface area is 115 Å². The minimum absolute atomic E-state index is 0.570. The van der Waals surface area contributed by atoms with Crippen molar-refractivity contribution in [1.82, 2.24) is 9.97 Å². The number of hydrogen-bond donors (Lipinski definition) is 1. The van der Waals surface area contributed by atoms with Crippen LogP contribution in [-0.2, 0) is 12.8 Å². The quantitative estimate of drug-likeness (QED) is 0.869. The normalized spacial score (nSPS) is 13.7. The van der Waals surface area contributed by atoms with Crippen molar-refractivity contribution >= 4 is 29.0 Å². The van der Waals surface area contributed by atoms with Crippen LogP contribution in [0.5, 0.6) is 0 Å². The predicted molar refractivity (Wildman–Crippen MR) is 73.9 cm³/mol. The minimum Gasteiger partial charge on any atom is -0.383 e. The fraction of sp³-hybridized carbons (Fsp3) is 0.231. The summed E-state index contributed by atoms with van der Waals surface area (Å²) in [6.07, 6.45) is 3.02. The van der Waals surface area contributed by atoms with Gasteiger partial charge >= 0.3 is 0 Å². The highest BCUT2D eigenvalue weighted by molar-refractivity contribution is 6.35. The Morgan fingerprint density at radius 3 is 2.44 bits per heavy atom. The van der Waals surface area contributed by atoms with Gasteiger partial charge < -0.3 is 5.73 Å². The van der Waals surface area contributed by atoms with Crippen LogP contribution in [-0.4, -0.2) is 9.97 Å².